The Balaban J connectivity index is 2.54. The van der Waals surface area contributed by atoms with Crippen molar-refractivity contribution < 1.29 is 31.1 Å². The van der Waals surface area contributed by atoms with Gasteiger partial charge in [0.25, 0.3) is 0 Å². The van der Waals surface area contributed by atoms with E-state index in [0.717, 1.165) is 12.1 Å². The zero-order chi connectivity index (χ0) is 16.0. The fourth-order valence-electron chi connectivity index (χ4n) is 2.25. The number of benzene rings is 1. The number of aryl methyl sites for hydroxylation is 1. The van der Waals surface area contributed by atoms with E-state index in [9.17, 15) is 26.0 Å². The quantitative estimate of drug-likeness (QED) is 0.818. The van der Waals surface area contributed by atoms with Crippen LogP contribution in [0.3, 0.4) is 0 Å². The second-order valence-corrected chi connectivity index (χ2v) is 9.43. The van der Waals surface area contributed by atoms with Crippen molar-refractivity contribution in [3.05, 3.63) is 29.1 Å². The highest BCUT2D eigenvalue weighted by Crippen LogP contribution is 2.28. The van der Waals surface area contributed by atoms with Gasteiger partial charge in [-0.15, -0.1) is 0 Å². The van der Waals surface area contributed by atoms with Gasteiger partial charge in [0.2, 0.25) is 0 Å². The molecule has 0 aromatic heterocycles. The number of hydrogen-bond acceptors (Lipinski definition) is 5. The average molecular weight is 336 g/mol. The SMILES string of the molecule is Cc1cc(S(=O)(=O)C2CCS(=O)(=O)C2)cc(C(=O)O)c1F. The molecular weight excluding hydrogens is 323 g/mol. The van der Waals surface area contributed by atoms with Crippen molar-refractivity contribution in [2.24, 2.45) is 0 Å². The van der Waals surface area contributed by atoms with Crippen LogP contribution in [-0.4, -0.2) is 44.7 Å². The first-order valence-electron chi connectivity index (χ1n) is 6.02. The number of hydrogen-bond donors (Lipinski definition) is 1. The van der Waals surface area contributed by atoms with Gasteiger partial charge in [0.1, 0.15) is 5.82 Å². The third-order valence-electron chi connectivity index (χ3n) is 3.42. The summed E-state index contributed by atoms with van der Waals surface area (Å²) in [4.78, 5) is 10.6. The Morgan fingerprint density at radius 2 is 2.00 bits per heavy atom. The minimum Gasteiger partial charge on any atom is -0.478 e. The average Bonchev–Trinajstić information content (AvgIpc) is 2.73. The molecular formula is C12H13FO6S2. The summed E-state index contributed by atoms with van der Waals surface area (Å²) in [6.07, 6.45) is -0.0382. The summed E-state index contributed by atoms with van der Waals surface area (Å²) >= 11 is 0. The smallest absolute Gasteiger partial charge is 0.338 e. The van der Waals surface area contributed by atoms with Crippen LogP contribution in [0.25, 0.3) is 0 Å². The van der Waals surface area contributed by atoms with Gasteiger partial charge in [-0.25, -0.2) is 26.0 Å². The predicted octanol–water partition coefficient (Wildman–Crippen LogP) is 0.793. The molecule has 1 aromatic carbocycles. The zero-order valence-electron chi connectivity index (χ0n) is 11.0. The summed E-state index contributed by atoms with van der Waals surface area (Å²) in [5, 5.41) is 7.78. The molecule has 9 heteroatoms. The first-order chi connectivity index (χ1) is 9.54. The van der Waals surface area contributed by atoms with Gasteiger partial charge in [0.15, 0.2) is 19.7 Å². The number of sulfone groups is 2. The summed E-state index contributed by atoms with van der Waals surface area (Å²) in [5.74, 6) is -3.29. The summed E-state index contributed by atoms with van der Waals surface area (Å²) in [5.41, 5.74) is -0.858. The summed E-state index contributed by atoms with van der Waals surface area (Å²) in [6.45, 7) is 1.26. The molecule has 116 valence electrons. The van der Waals surface area contributed by atoms with E-state index in [-0.39, 0.29) is 22.6 Å². The van der Waals surface area contributed by atoms with Crippen molar-refractivity contribution in [2.45, 2.75) is 23.5 Å². The van der Waals surface area contributed by atoms with Gasteiger partial charge in [0.05, 0.1) is 27.2 Å². The van der Waals surface area contributed by atoms with Crippen LogP contribution in [0.1, 0.15) is 22.3 Å². The number of carbonyl (C=O) groups is 1. The summed E-state index contributed by atoms with van der Waals surface area (Å²) in [7, 11) is -7.42. The van der Waals surface area contributed by atoms with Crippen molar-refractivity contribution in [1.29, 1.82) is 0 Å². The third-order valence-corrected chi connectivity index (χ3v) is 7.57. The summed E-state index contributed by atoms with van der Waals surface area (Å²) in [6, 6.07) is 1.77. The molecule has 1 unspecified atom stereocenters. The fourth-order valence-corrected chi connectivity index (χ4v) is 6.72. The second-order valence-electron chi connectivity index (χ2n) is 4.98. The lowest BCUT2D eigenvalue weighted by Crippen LogP contribution is -2.23. The number of halogens is 1. The molecule has 0 radical (unpaired) electrons. The van der Waals surface area contributed by atoms with E-state index in [4.69, 9.17) is 5.11 Å². The highest BCUT2D eigenvalue weighted by molar-refractivity contribution is 7.96. The van der Waals surface area contributed by atoms with Gasteiger partial charge < -0.3 is 5.11 Å². The van der Waals surface area contributed by atoms with Crippen molar-refractivity contribution >= 4 is 25.6 Å². The Morgan fingerprint density at radius 3 is 2.48 bits per heavy atom. The highest BCUT2D eigenvalue weighted by atomic mass is 32.2. The van der Waals surface area contributed by atoms with Crippen LogP contribution in [-0.2, 0) is 19.7 Å². The molecule has 0 bridgehead atoms. The topological polar surface area (TPSA) is 106 Å². The molecule has 1 atom stereocenters. The van der Waals surface area contributed by atoms with Gasteiger partial charge in [-0.05, 0) is 31.0 Å². The zero-order valence-corrected chi connectivity index (χ0v) is 12.7. The lowest BCUT2D eigenvalue weighted by atomic mass is 10.1. The molecule has 2 rings (SSSR count). The molecule has 1 heterocycles. The Morgan fingerprint density at radius 1 is 1.38 bits per heavy atom. The van der Waals surface area contributed by atoms with Gasteiger partial charge in [-0.3, -0.25) is 0 Å². The van der Waals surface area contributed by atoms with E-state index in [1.165, 1.54) is 6.92 Å². The largest absolute Gasteiger partial charge is 0.478 e. The first-order valence-corrected chi connectivity index (χ1v) is 9.39. The number of aromatic carboxylic acids is 1. The molecule has 0 saturated carbocycles. The molecule has 1 aliphatic heterocycles. The van der Waals surface area contributed by atoms with Gasteiger partial charge in [-0.1, -0.05) is 0 Å². The van der Waals surface area contributed by atoms with Crippen molar-refractivity contribution in [1.82, 2.24) is 0 Å². The predicted molar refractivity (Wildman–Crippen MR) is 72.3 cm³/mol. The van der Waals surface area contributed by atoms with E-state index in [1.807, 2.05) is 0 Å². The van der Waals surface area contributed by atoms with Crippen LogP contribution >= 0.6 is 0 Å². The number of carboxylic acids is 1. The van der Waals surface area contributed by atoms with E-state index < -0.39 is 48.0 Å². The maximum Gasteiger partial charge on any atom is 0.338 e. The molecule has 1 saturated heterocycles. The van der Waals surface area contributed by atoms with E-state index in [0.29, 0.717) is 0 Å². The van der Waals surface area contributed by atoms with Gasteiger partial charge >= 0.3 is 5.97 Å². The van der Waals surface area contributed by atoms with E-state index in [2.05, 4.69) is 0 Å². The Hall–Kier alpha value is -1.48. The minimum absolute atomic E-state index is 0.0382. The van der Waals surface area contributed by atoms with Gasteiger partial charge in [0, 0.05) is 0 Å². The van der Waals surface area contributed by atoms with E-state index in [1.54, 1.807) is 0 Å². The molecule has 1 aliphatic rings. The van der Waals surface area contributed by atoms with Crippen molar-refractivity contribution in [3.8, 4) is 0 Å². The molecule has 6 nitrogen and oxygen atoms in total. The van der Waals surface area contributed by atoms with Crippen LogP contribution < -0.4 is 0 Å². The first kappa shape index (κ1) is 15.9. The number of rotatable bonds is 3. The van der Waals surface area contributed by atoms with Crippen LogP contribution in [0.5, 0.6) is 0 Å². The maximum atomic E-state index is 13.6. The Labute approximate surface area is 121 Å². The molecule has 1 fully saturated rings. The molecule has 1 aromatic rings. The van der Waals surface area contributed by atoms with Crippen LogP contribution in [0.2, 0.25) is 0 Å². The van der Waals surface area contributed by atoms with Crippen molar-refractivity contribution in [2.75, 3.05) is 11.5 Å². The Bertz CT molecular complexity index is 810. The standard InChI is InChI=1S/C12H13FO6S2/c1-7-4-9(5-10(11(7)13)12(14)15)21(18,19)8-2-3-20(16,17)6-8/h4-5,8H,2-3,6H2,1H3,(H,14,15). The molecule has 21 heavy (non-hydrogen) atoms. The monoisotopic (exact) mass is 336 g/mol. The third kappa shape index (κ3) is 2.93. The molecule has 1 N–H and O–H groups in total. The normalized spacial score (nSPS) is 21.3. The van der Waals surface area contributed by atoms with Crippen LogP contribution in [0, 0.1) is 12.7 Å². The second kappa shape index (κ2) is 5.06. The Kier molecular flexibility index (Phi) is 3.83. The lowest BCUT2D eigenvalue weighted by Gasteiger charge is -2.12. The van der Waals surface area contributed by atoms with Crippen molar-refractivity contribution in [3.63, 3.8) is 0 Å². The highest BCUT2D eigenvalue weighted by Gasteiger charge is 2.38. The van der Waals surface area contributed by atoms with E-state index >= 15 is 0 Å². The maximum absolute atomic E-state index is 13.6. The molecule has 0 spiro atoms. The van der Waals surface area contributed by atoms with Crippen LogP contribution in [0.4, 0.5) is 4.39 Å². The van der Waals surface area contributed by atoms with Gasteiger partial charge in [-0.2, -0.15) is 0 Å². The van der Waals surface area contributed by atoms with Crippen LogP contribution in [0.15, 0.2) is 17.0 Å². The molecule has 0 aliphatic carbocycles. The minimum atomic E-state index is -4.01. The number of carboxylic acid groups (broad SMARTS) is 1. The fraction of sp³-hybridized carbons (Fsp3) is 0.417. The molecule has 0 amide bonds. The lowest BCUT2D eigenvalue weighted by molar-refractivity contribution is 0.0691. The summed E-state index contributed by atoms with van der Waals surface area (Å²) < 4.78 is 61.2.